The molecular formula is C18H22N4O4. The fraction of sp³-hybridized carbons (Fsp3) is 0.500. The van der Waals surface area contributed by atoms with E-state index in [0.29, 0.717) is 0 Å². The molecule has 0 aliphatic carbocycles. The first-order valence-corrected chi connectivity index (χ1v) is 8.91. The molecule has 2 aromatic rings. The molecule has 0 bridgehead atoms. The van der Waals surface area contributed by atoms with E-state index >= 15 is 0 Å². The first-order chi connectivity index (χ1) is 12.6. The Morgan fingerprint density at radius 1 is 1.35 bits per heavy atom. The van der Waals surface area contributed by atoms with E-state index in [1.54, 1.807) is 12.6 Å². The van der Waals surface area contributed by atoms with Crippen LogP contribution in [0.15, 0.2) is 29.1 Å². The number of amides is 1. The van der Waals surface area contributed by atoms with Crippen molar-refractivity contribution in [2.24, 2.45) is 5.92 Å². The number of carboxylic acid groups (broad SMARTS) is 1. The van der Waals surface area contributed by atoms with Crippen LogP contribution in [0.5, 0.6) is 0 Å². The number of carbonyl (C=O) groups excluding carboxylic acids is 1. The molecule has 4 rings (SSSR count). The van der Waals surface area contributed by atoms with Gasteiger partial charge in [-0.15, -0.1) is 0 Å². The molecule has 8 heteroatoms. The third kappa shape index (κ3) is 3.24. The summed E-state index contributed by atoms with van der Waals surface area (Å²) in [6.45, 7) is 2.64. The van der Waals surface area contributed by atoms with E-state index in [4.69, 9.17) is 4.42 Å². The summed E-state index contributed by atoms with van der Waals surface area (Å²) >= 11 is 0. The van der Waals surface area contributed by atoms with Gasteiger partial charge in [0.05, 0.1) is 37.1 Å². The van der Waals surface area contributed by atoms with Gasteiger partial charge in [0.25, 0.3) is 0 Å². The molecule has 138 valence electrons. The first kappa shape index (κ1) is 16.8. The van der Waals surface area contributed by atoms with Crippen molar-refractivity contribution in [3.63, 3.8) is 0 Å². The lowest BCUT2D eigenvalue weighted by molar-refractivity contribution is -0.154. The molecule has 1 fully saturated rings. The molecule has 2 aromatic heterocycles. The number of aliphatic carboxylic acids is 1. The fourth-order valence-corrected chi connectivity index (χ4v) is 3.88. The maximum atomic E-state index is 13.0. The second kappa shape index (κ2) is 6.95. The molecular weight excluding hydrogens is 336 g/mol. The van der Waals surface area contributed by atoms with E-state index in [-0.39, 0.29) is 24.8 Å². The molecule has 0 aromatic carbocycles. The number of hydrogen-bond acceptors (Lipinski definition) is 5. The number of rotatable bonds is 4. The van der Waals surface area contributed by atoms with Crippen LogP contribution >= 0.6 is 0 Å². The van der Waals surface area contributed by atoms with E-state index in [0.717, 1.165) is 49.6 Å². The number of H-pyrrole nitrogens is 1. The molecule has 1 unspecified atom stereocenters. The highest BCUT2D eigenvalue weighted by atomic mass is 16.4. The van der Waals surface area contributed by atoms with E-state index in [1.165, 1.54) is 4.90 Å². The van der Waals surface area contributed by atoms with Crippen molar-refractivity contribution in [2.45, 2.75) is 38.4 Å². The smallest absolute Gasteiger partial charge is 0.326 e. The Kier molecular flexibility index (Phi) is 4.50. The SMILES string of the molecule is O=C(O)C1Cc2nc[nH]c2CN1C(=O)C1CCN(Cc2ccco2)CC1. The van der Waals surface area contributed by atoms with Gasteiger partial charge in [-0.3, -0.25) is 9.69 Å². The average molecular weight is 358 g/mol. The topological polar surface area (TPSA) is 103 Å². The van der Waals surface area contributed by atoms with Gasteiger partial charge < -0.3 is 19.4 Å². The van der Waals surface area contributed by atoms with Crippen molar-refractivity contribution in [1.29, 1.82) is 0 Å². The van der Waals surface area contributed by atoms with Crippen molar-refractivity contribution in [3.8, 4) is 0 Å². The van der Waals surface area contributed by atoms with E-state index in [1.807, 2.05) is 12.1 Å². The Hall–Kier alpha value is -2.61. The molecule has 8 nitrogen and oxygen atoms in total. The lowest BCUT2D eigenvalue weighted by Crippen LogP contribution is -2.52. The Morgan fingerprint density at radius 3 is 2.85 bits per heavy atom. The molecule has 1 atom stereocenters. The number of fused-ring (bicyclic) bond motifs is 1. The summed E-state index contributed by atoms with van der Waals surface area (Å²) in [7, 11) is 0. The zero-order valence-corrected chi connectivity index (χ0v) is 14.4. The van der Waals surface area contributed by atoms with E-state index in [9.17, 15) is 14.7 Å². The first-order valence-electron chi connectivity index (χ1n) is 8.91. The van der Waals surface area contributed by atoms with Crippen molar-refractivity contribution >= 4 is 11.9 Å². The van der Waals surface area contributed by atoms with E-state index < -0.39 is 12.0 Å². The highest BCUT2D eigenvalue weighted by Crippen LogP contribution is 2.27. The van der Waals surface area contributed by atoms with Gasteiger partial charge in [-0.1, -0.05) is 0 Å². The highest BCUT2D eigenvalue weighted by Gasteiger charge is 2.39. The molecule has 2 aliphatic heterocycles. The normalized spacial score (nSPS) is 21.5. The summed E-state index contributed by atoms with van der Waals surface area (Å²) < 4.78 is 5.38. The van der Waals surface area contributed by atoms with Gasteiger partial charge in [0.1, 0.15) is 11.8 Å². The summed E-state index contributed by atoms with van der Waals surface area (Å²) in [6.07, 6.45) is 4.95. The van der Waals surface area contributed by atoms with Gasteiger partial charge in [-0.05, 0) is 38.1 Å². The number of imidazole rings is 1. The zero-order chi connectivity index (χ0) is 18.1. The number of carbonyl (C=O) groups is 2. The Labute approximate surface area is 150 Å². The monoisotopic (exact) mass is 358 g/mol. The van der Waals surface area contributed by atoms with Crippen LogP contribution in [0.3, 0.4) is 0 Å². The lowest BCUT2D eigenvalue weighted by Gasteiger charge is -2.37. The molecule has 1 amide bonds. The van der Waals surface area contributed by atoms with Crippen LogP contribution in [0.25, 0.3) is 0 Å². The molecule has 0 saturated carbocycles. The van der Waals surface area contributed by atoms with Gasteiger partial charge in [-0.25, -0.2) is 9.78 Å². The zero-order valence-electron chi connectivity index (χ0n) is 14.4. The number of likely N-dealkylation sites (tertiary alicyclic amines) is 1. The molecule has 4 heterocycles. The van der Waals surface area contributed by atoms with Crippen LogP contribution in [0.1, 0.15) is 30.0 Å². The predicted molar refractivity (Wildman–Crippen MR) is 91.0 cm³/mol. The van der Waals surface area contributed by atoms with Gasteiger partial charge in [-0.2, -0.15) is 0 Å². The van der Waals surface area contributed by atoms with Gasteiger partial charge >= 0.3 is 5.97 Å². The molecule has 0 spiro atoms. The summed E-state index contributed by atoms with van der Waals surface area (Å²) in [4.78, 5) is 35.6. The van der Waals surface area contributed by atoms with Gasteiger partial charge in [0, 0.05) is 12.3 Å². The van der Waals surface area contributed by atoms with Crippen molar-refractivity contribution in [2.75, 3.05) is 13.1 Å². The van der Waals surface area contributed by atoms with Crippen LogP contribution in [-0.2, 0) is 29.1 Å². The number of hydrogen-bond donors (Lipinski definition) is 2. The fourth-order valence-electron chi connectivity index (χ4n) is 3.88. The van der Waals surface area contributed by atoms with Crippen LogP contribution in [0.2, 0.25) is 0 Å². The number of aromatic amines is 1. The minimum Gasteiger partial charge on any atom is -0.480 e. The maximum absolute atomic E-state index is 13.0. The summed E-state index contributed by atoms with van der Waals surface area (Å²) in [6, 6.07) is 2.99. The second-order valence-electron chi connectivity index (χ2n) is 6.98. The number of carboxylic acids is 1. The Morgan fingerprint density at radius 2 is 2.15 bits per heavy atom. The van der Waals surface area contributed by atoms with Crippen molar-refractivity contribution < 1.29 is 19.1 Å². The third-order valence-electron chi connectivity index (χ3n) is 5.36. The second-order valence-corrected chi connectivity index (χ2v) is 6.98. The highest BCUT2D eigenvalue weighted by molar-refractivity contribution is 5.85. The molecule has 2 aliphatic rings. The van der Waals surface area contributed by atoms with Crippen molar-refractivity contribution in [3.05, 3.63) is 41.9 Å². The number of furan rings is 1. The molecule has 26 heavy (non-hydrogen) atoms. The van der Waals surface area contributed by atoms with Gasteiger partial charge in [0.2, 0.25) is 5.91 Å². The quantitative estimate of drug-likeness (QED) is 0.853. The Bertz CT molecular complexity index is 777. The standard InChI is InChI=1S/C18H22N4O4/c23-17(12-3-5-21(6-4-12)9-13-2-1-7-26-13)22-10-15-14(19-11-20-15)8-16(22)18(24)25/h1-2,7,11-12,16H,3-6,8-10H2,(H,19,20)(H,24,25). The van der Waals surface area contributed by atoms with Crippen molar-refractivity contribution in [1.82, 2.24) is 19.8 Å². The minimum absolute atomic E-state index is 0.0599. The third-order valence-corrected chi connectivity index (χ3v) is 5.36. The summed E-state index contributed by atoms with van der Waals surface area (Å²) in [5.74, 6) is -0.241. The van der Waals surface area contributed by atoms with Crippen LogP contribution in [0.4, 0.5) is 0 Å². The van der Waals surface area contributed by atoms with Crippen LogP contribution in [0, 0.1) is 5.92 Å². The summed E-state index contributed by atoms with van der Waals surface area (Å²) in [5, 5.41) is 9.55. The average Bonchev–Trinajstić information content (AvgIpc) is 3.31. The lowest BCUT2D eigenvalue weighted by atomic mass is 9.92. The number of nitrogens with zero attached hydrogens (tertiary/aromatic N) is 3. The molecule has 1 saturated heterocycles. The number of aromatic nitrogens is 2. The summed E-state index contributed by atoms with van der Waals surface area (Å²) in [5.41, 5.74) is 1.58. The number of nitrogens with one attached hydrogen (secondary N) is 1. The largest absolute Gasteiger partial charge is 0.480 e. The van der Waals surface area contributed by atoms with Crippen LogP contribution < -0.4 is 0 Å². The predicted octanol–water partition coefficient (Wildman–Crippen LogP) is 1.25. The van der Waals surface area contributed by atoms with E-state index in [2.05, 4.69) is 14.9 Å². The molecule has 2 N–H and O–H groups in total. The van der Waals surface area contributed by atoms with Gasteiger partial charge in [0.15, 0.2) is 0 Å². The molecule has 0 radical (unpaired) electrons. The minimum atomic E-state index is -0.970. The Balaban J connectivity index is 1.40. The maximum Gasteiger partial charge on any atom is 0.326 e. The van der Waals surface area contributed by atoms with Crippen LogP contribution in [-0.4, -0.2) is 55.9 Å². The number of piperidine rings is 1.